The minimum absolute atomic E-state index is 0.115. The zero-order chi connectivity index (χ0) is 37.0. The Bertz CT molecular complexity index is 1920. The monoisotopic (exact) mass is 710 g/mol. The molecule has 0 fully saturated rings. The average Bonchev–Trinajstić information content (AvgIpc) is 3.22. The second kappa shape index (κ2) is 18.7. The molecular weight excluding hydrogens is 657 g/mol. The predicted octanol–water partition coefficient (Wildman–Crippen LogP) is 13.0. The summed E-state index contributed by atoms with van der Waals surface area (Å²) in [5, 5.41) is 0. The van der Waals surface area contributed by atoms with Crippen molar-refractivity contribution in [3.63, 3.8) is 0 Å². The van der Waals surface area contributed by atoms with Gasteiger partial charge in [-0.3, -0.25) is 0 Å². The number of unbranched alkanes of at least 4 members (excludes halogenated alkanes) is 10. The van der Waals surface area contributed by atoms with Gasteiger partial charge in [-0.15, -0.1) is 0 Å². The standard InChI is InChI=1S/C52H54O2/c1-3-5-7-9-11-17-37-53-43-33-25-39(26-34-43)23-29-41-31-32-42(30-24-40-27-35-44(36-28-40)54-38-18-12-10-8-6-4-2)50-49(41)51-45-19-13-15-21-47(45)52(50)48-22-16-14-20-46(48)51/h13-16,19-22,25-28,31-36,51-52H,3-12,17-18,37-38H2,1-2H3. The van der Waals surface area contributed by atoms with Crippen LogP contribution in [0.4, 0.5) is 0 Å². The quantitative estimate of drug-likeness (QED) is 0.0734. The van der Waals surface area contributed by atoms with Crippen LogP contribution in [0.25, 0.3) is 0 Å². The van der Waals surface area contributed by atoms with Crippen LogP contribution in [0.5, 0.6) is 11.5 Å². The highest BCUT2D eigenvalue weighted by Crippen LogP contribution is 2.57. The van der Waals surface area contributed by atoms with E-state index in [4.69, 9.17) is 9.47 Å². The van der Waals surface area contributed by atoms with E-state index in [0.717, 1.165) is 59.8 Å². The van der Waals surface area contributed by atoms with Crippen LogP contribution in [0.2, 0.25) is 0 Å². The average molecular weight is 711 g/mol. The summed E-state index contributed by atoms with van der Waals surface area (Å²) >= 11 is 0. The van der Waals surface area contributed by atoms with Crippen LogP contribution in [-0.4, -0.2) is 13.2 Å². The summed E-state index contributed by atoms with van der Waals surface area (Å²) in [7, 11) is 0. The van der Waals surface area contributed by atoms with Gasteiger partial charge in [-0.1, -0.05) is 150 Å². The third kappa shape index (κ3) is 8.78. The zero-order valence-electron chi connectivity index (χ0n) is 32.3. The van der Waals surface area contributed by atoms with E-state index in [-0.39, 0.29) is 11.8 Å². The molecule has 0 N–H and O–H groups in total. The third-order valence-corrected chi connectivity index (χ3v) is 11.0. The molecule has 0 saturated carbocycles. The van der Waals surface area contributed by atoms with Crippen LogP contribution < -0.4 is 9.47 Å². The van der Waals surface area contributed by atoms with Crippen LogP contribution in [0.1, 0.15) is 158 Å². The van der Waals surface area contributed by atoms with E-state index in [1.54, 1.807) is 0 Å². The molecule has 2 bridgehead atoms. The lowest BCUT2D eigenvalue weighted by Gasteiger charge is -2.43. The first kappa shape index (κ1) is 37.1. The molecule has 3 aliphatic carbocycles. The molecule has 5 aromatic rings. The Morgan fingerprint density at radius 2 is 0.741 bits per heavy atom. The summed E-state index contributed by atoms with van der Waals surface area (Å²) in [6.45, 7) is 6.05. The number of hydrogen-bond acceptors (Lipinski definition) is 2. The second-order valence-corrected chi connectivity index (χ2v) is 14.9. The first-order valence-electron chi connectivity index (χ1n) is 20.6. The molecule has 0 spiro atoms. The molecular formula is C52H54O2. The molecule has 5 aromatic carbocycles. The SMILES string of the molecule is CCCCCCCCOc1ccc(C#Cc2ccc(C#Cc3ccc(OCCCCCCCC)cc3)c3c2C2c4ccccc4C3c3ccccc32)cc1. The Hall–Kier alpha value is -5.18. The first-order chi connectivity index (χ1) is 26.7. The molecule has 0 aliphatic heterocycles. The Morgan fingerprint density at radius 3 is 1.11 bits per heavy atom. The fraction of sp³-hybridized carbons (Fsp3) is 0.346. The molecule has 2 nitrogen and oxygen atoms in total. The molecule has 0 unspecified atom stereocenters. The molecule has 8 rings (SSSR count). The maximum Gasteiger partial charge on any atom is 0.119 e. The van der Waals surface area contributed by atoms with Crippen LogP contribution in [0, 0.1) is 23.7 Å². The van der Waals surface area contributed by atoms with Gasteiger partial charge in [0, 0.05) is 34.1 Å². The summed E-state index contributed by atoms with van der Waals surface area (Å²) in [5.74, 6) is 16.3. The summed E-state index contributed by atoms with van der Waals surface area (Å²) in [5.41, 5.74) is 12.2. The van der Waals surface area contributed by atoms with E-state index in [9.17, 15) is 0 Å². The van der Waals surface area contributed by atoms with Crippen LogP contribution in [0.3, 0.4) is 0 Å². The van der Waals surface area contributed by atoms with E-state index in [1.807, 2.05) is 0 Å². The van der Waals surface area contributed by atoms with Crippen molar-refractivity contribution >= 4 is 0 Å². The Kier molecular flexibility index (Phi) is 12.9. The van der Waals surface area contributed by atoms with Gasteiger partial charge in [0.05, 0.1) is 13.2 Å². The fourth-order valence-electron chi connectivity index (χ4n) is 8.20. The lowest BCUT2D eigenvalue weighted by molar-refractivity contribution is 0.304. The van der Waals surface area contributed by atoms with Crippen molar-refractivity contribution < 1.29 is 9.47 Å². The number of benzene rings is 5. The maximum absolute atomic E-state index is 6.04. The zero-order valence-corrected chi connectivity index (χ0v) is 32.3. The van der Waals surface area contributed by atoms with Crippen molar-refractivity contribution in [3.05, 3.63) is 165 Å². The van der Waals surface area contributed by atoms with Gasteiger partial charge in [-0.2, -0.15) is 0 Å². The Morgan fingerprint density at radius 1 is 0.389 bits per heavy atom. The lowest BCUT2D eigenvalue weighted by Crippen LogP contribution is -2.29. The van der Waals surface area contributed by atoms with Crippen molar-refractivity contribution in [2.24, 2.45) is 0 Å². The Balaban J connectivity index is 1.13. The van der Waals surface area contributed by atoms with Gasteiger partial charge in [-0.25, -0.2) is 0 Å². The van der Waals surface area contributed by atoms with E-state index in [1.165, 1.54) is 97.6 Å². The largest absolute Gasteiger partial charge is 0.494 e. The van der Waals surface area contributed by atoms with Gasteiger partial charge in [0.2, 0.25) is 0 Å². The van der Waals surface area contributed by atoms with Gasteiger partial charge in [0.15, 0.2) is 0 Å². The molecule has 2 heteroatoms. The minimum Gasteiger partial charge on any atom is -0.494 e. The summed E-state index contributed by atoms with van der Waals surface area (Å²) in [6, 6.07) is 38.9. The minimum atomic E-state index is 0.115. The second-order valence-electron chi connectivity index (χ2n) is 14.9. The molecule has 54 heavy (non-hydrogen) atoms. The molecule has 0 atom stereocenters. The molecule has 3 aliphatic rings. The van der Waals surface area contributed by atoms with Crippen LogP contribution in [-0.2, 0) is 0 Å². The molecule has 0 radical (unpaired) electrons. The van der Waals surface area contributed by atoms with Gasteiger partial charge < -0.3 is 9.47 Å². The molecule has 274 valence electrons. The van der Waals surface area contributed by atoms with E-state index < -0.39 is 0 Å². The van der Waals surface area contributed by atoms with E-state index in [0.29, 0.717) is 0 Å². The van der Waals surface area contributed by atoms with Crippen molar-refractivity contribution in [2.75, 3.05) is 13.2 Å². The molecule has 0 heterocycles. The highest BCUT2D eigenvalue weighted by molar-refractivity contribution is 5.74. The van der Waals surface area contributed by atoms with Crippen LogP contribution in [0.15, 0.2) is 109 Å². The summed E-state index contributed by atoms with van der Waals surface area (Å²) in [6.07, 6.45) is 15.1. The molecule has 0 aromatic heterocycles. The van der Waals surface area contributed by atoms with Gasteiger partial charge >= 0.3 is 0 Å². The number of hydrogen-bond donors (Lipinski definition) is 0. The number of ether oxygens (including phenoxy) is 2. The highest BCUT2D eigenvalue weighted by atomic mass is 16.5. The summed E-state index contributed by atoms with van der Waals surface area (Å²) < 4.78 is 12.1. The first-order valence-corrected chi connectivity index (χ1v) is 20.6. The van der Waals surface area contributed by atoms with Crippen molar-refractivity contribution in [2.45, 2.75) is 103 Å². The Labute approximate surface area is 324 Å². The van der Waals surface area contributed by atoms with Crippen LogP contribution >= 0.6 is 0 Å². The van der Waals surface area contributed by atoms with Gasteiger partial charge in [-0.05, 0) is 107 Å². The van der Waals surface area contributed by atoms with E-state index in [2.05, 4.69) is 147 Å². The summed E-state index contributed by atoms with van der Waals surface area (Å²) in [4.78, 5) is 0. The van der Waals surface area contributed by atoms with Crippen molar-refractivity contribution in [1.29, 1.82) is 0 Å². The van der Waals surface area contributed by atoms with Gasteiger partial charge in [0.25, 0.3) is 0 Å². The smallest absolute Gasteiger partial charge is 0.119 e. The van der Waals surface area contributed by atoms with Gasteiger partial charge in [0.1, 0.15) is 11.5 Å². The normalized spacial score (nSPS) is 14.5. The lowest BCUT2D eigenvalue weighted by atomic mass is 9.59. The van der Waals surface area contributed by atoms with Crippen molar-refractivity contribution in [3.8, 4) is 35.2 Å². The fourth-order valence-corrected chi connectivity index (χ4v) is 8.20. The predicted molar refractivity (Wildman–Crippen MR) is 224 cm³/mol. The van der Waals surface area contributed by atoms with E-state index >= 15 is 0 Å². The topological polar surface area (TPSA) is 18.5 Å². The maximum atomic E-state index is 6.04. The van der Waals surface area contributed by atoms with Crippen molar-refractivity contribution in [1.82, 2.24) is 0 Å². The third-order valence-electron chi connectivity index (χ3n) is 11.0. The number of rotatable bonds is 16. The molecule has 0 saturated heterocycles. The highest BCUT2D eigenvalue weighted by Gasteiger charge is 2.43. The molecule has 0 amide bonds.